The van der Waals surface area contributed by atoms with Gasteiger partial charge in [-0.25, -0.2) is 0 Å². The summed E-state index contributed by atoms with van der Waals surface area (Å²) in [5.74, 6) is 0. The summed E-state index contributed by atoms with van der Waals surface area (Å²) in [6.07, 6.45) is 11.8. The Bertz CT molecular complexity index is 2180. The van der Waals surface area contributed by atoms with Gasteiger partial charge in [-0.1, -0.05) is 114 Å². The second-order valence-corrected chi connectivity index (χ2v) is 12.9. The van der Waals surface area contributed by atoms with Crippen LogP contribution in [0.3, 0.4) is 0 Å². The van der Waals surface area contributed by atoms with Gasteiger partial charge < -0.3 is 9.97 Å². The molecule has 0 saturated carbocycles. The first-order valence-corrected chi connectivity index (χ1v) is 16.8. The van der Waals surface area contributed by atoms with Crippen molar-refractivity contribution in [3.63, 3.8) is 0 Å². The quantitative estimate of drug-likeness (QED) is 0.177. The van der Waals surface area contributed by atoms with Gasteiger partial charge in [0.2, 0.25) is 0 Å². The molecule has 5 aromatic rings. The molecule has 49 heavy (non-hydrogen) atoms. The summed E-state index contributed by atoms with van der Waals surface area (Å²) >= 11 is 0. The minimum absolute atomic E-state index is 0. The van der Waals surface area contributed by atoms with Crippen LogP contribution in [-0.4, -0.2) is 11.4 Å². The topological polar surface area (TPSA) is 52.9 Å². The van der Waals surface area contributed by atoms with Crippen LogP contribution in [-0.2, 0) is 29.9 Å². The van der Waals surface area contributed by atoms with Crippen LogP contribution >= 0.6 is 0 Å². The van der Waals surface area contributed by atoms with Crippen molar-refractivity contribution in [1.29, 1.82) is 0 Å². The Morgan fingerprint density at radius 2 is 1.18 bits per heavy atom. The van der Waals surface area contributed by atoms with Crippen LogP contribution in [0.15, 0.2) is 136 Å². The first-order chi connectivity index (χ1) is 23.3. The molecule has 0 fully saturated rings. The van der Waals surface area contributed by atoms with E-state index in [4.69, 9.17) is 15.0 Å². The Kier molecular flexibility index (Phi) is 10.1. The van der Waals surface area contributed by atoms with Gasteiger partial charge in [0.05, 0.1) is 11.4 Å². The van der Waals surface area contributed by atoms with Gasteiger partial charge in [-0.2, -0.15) is 0 Å². The molecule has 247 valence electrons. The van der Waals surface area contributed by atoms with Gasteiger partial charge in [0, 0.05) is 11.4 Å². The molecule has 2 aliphatic heterocycles. The normalized spacial score (nSPS) is 16.4. The molecule has 4 heterocycles. The van der Waals surface area contributed by atoms with Gasteiger partial charge in [0.15, 0.2) is 0 Å². The largest absolute Gasteiger partial charge is 2.00 e. The smallest absolute Gasteiger partial charge is 0.657 e. The maximum Gasteiger partial charge on any atom is 2.00 e. The molecule has 0 unspecified atom stereocenters. The van der Waals surface area contributed by atoms with E-state index in [0.717, 1.165) is 70.4 Å². The number of aromatic nitrogens is 2. The number of fused-ring (bicyclic) bond motifs is 3. The Morgan fingerprint density at radius 3 is 1.80 bits per heavy atom. The van der Waals surface area contributed by atoms with Crippen LogP contribution in [0, 0.1) is 6.92 Å². The number of nitrogens with zero attached hydrogens (tertiary/aromatic N) is 4. The van der Waals surface area contributed by atoms with Gasteiger partial charge in [-0.15, -0.1) is 22.8 Å². The average Bonchev–Trinajstić information content (AvgIpc) is 3.79. The zero-order valence-corrected chi connectivity index (χ0v) is 29.6. The average molecular weight is 688 g/mol. The minimum Gasteiger partial charge on any atom is -0.657 e. The van der Waals surface area contributed by atoms with Crippen molar-refractivity contribution < 1.29 is 17.1 Å². The number of aliphatic imine (C=N–C) groups is 2. The second kappa shape index (κ2) is 14.7. The first-order valence-electron chi connectivity index (χ1n) is 16.8. The molecule has 0 bridgehead atoms. The van der Waals surface area contributed by atoms with E-state index in [1.165, 1.54) is 44.5 Å². The Labute approximate surface area is 300 Å². The minimum atomic E-state index is 0. The van der Waals surface area contributed by atoms with Crippen LogP contribution in [0.5, 0.6) is 0 Å². The zero-order valence-electron chi connectivity index (χ0n) is 28.7. The third kappa shape index (κ3) is 7.24. The van der Waals surface area contributed by atoms with E-state index in [1.54, 1.807) is 0 Å². The molecule has 0 saturated heterocycles. The van der Waals surface area contributed by atoms with Gasteiger partial charge >= 0.3 is 17.1 Å². The summed E-state index contributed by atoms with van der Waals surface area (Å²) in [7, 11) is 0. The van der Waals surface area contributed by atoms with E-state index in [-0.39, 0.29) is 17.1 Å². The van der Waals surface area contributed by atoms with Gasteiger partial charge in [0.1, 0.15) is 0 Å². The number of benzene rings is 3. The first kappa shape index (κ1) is 33.9. The van der Waals surface area contributed by atoms with Crippen LogP contribution in [0.1, 0.15) is 62.2 Å². The van der Waals surface area contributed by atoms with Gasteiger partial charge in [-0.05, 0) is 105 Å². The molecule has 1 aliphatic carbocycles. The van der Waals surface area contributed by atoms with Crippen molar-refractivity contribution >= 4 is 23.6 Å². The van der Waals surface area contributed by atoms with Crippen LogP contribution < -0.4 is 9.97 Å². The van der Waals surface area contributed by atoms with Crippen LogP contribution in [0.25, 0.3) is 45.8 Å². The molecule has 3 aliphatic rings. The molecule has 0 spiro atoms. The Balaban J connectivity index is 0.000000176. The molecule has 5 heteroatoms. The van der Waals surface area contributed by atoms with E-state index in [9.17, 15) is 0 Å². The van der Waals surface area contributed by atoms with E-state index < -0.39 is 0 Å². The molecular formula is C44H40CuN4. The predicted octanol–water partition coefficient (Wildman–Crippen LogP) is 10.6. The molecule has 4 nitrogen and oxygen atoms in total. The standard InChI is InChI=1S/C26H23N2.C18H17N2.Cu/c1-17-15-18(2)27-23(17)16-24-25(20-10-4-3-5-11-20)22-14-8-12-19-9-6-7-13-21(19)26(22)28-24;1-12-9-14(3)19-16(12)11-17-13(2)10-18(20-17)15-7-5-4-6-8-15;/h3-7,9-11,13,15-16H,8,12,14H2,1-2H3;4-11H,1-3H3;/q2*-1;+2/b23-16-;16-11-;. The Hall–Kier alpha value is -4.96. The monoisotopic (exact) mass is 687 g/mol. The predicted molar refractivity (Wildman–Crippen MR) is 202 cm³/mol. The second-order valence-electron chi connectivity index (χ2n) is 12.9. The van der Waals surface area contributed by atoms with E-state index in [1.807, 2.05) is 32.0 Å². The number of rotatable bonds is 4. The molecule has 0 atom stereocenters. The third-order valence-corrected chi connectivity index (χ3v) is 9.15. The van der Waals surface area contributed by atoms with Gasteiger partial charge in [-0.3, -0.25) is 9.98 Å². The van der Waals surface area contributed by atoms with Gasteiger partial charge in [0.25, 0.3) is 0 Å². The Morgan fingerprint density at radius 1 is 0.612 bits per heavy atom. The van der Waals surface area contributed by atoms with E-state index in [0.29, 0.717) is 0 Å². The fraction of sp³-hybridized carbons (Fsp3) is 0.182. The molecule has 0 N–H and O–H groups in total. The van der Waals surface area contributed by atoms with Crippen molar-refractivity contribution in [2.45, 2.75) is 53.9 Å². The molecule has 2 aromatic heterocycles. The summed E-state index contributed by atoms with van der Waals surface area (Å²) in [6, 6.07) is 31.8. The number of aryl methyl sites for hydroxylation is 2. The van der Waals surface area contributed by atoms with E-state index in [2.05, 4.69) is 123 Å². The van der Waals surface area contributed by atoms with Crippen LogP contribution in [0.4, 0.5) is 0 Å². The number of allylic oxidation sites excluding steroid dienone is 4. The summed E-state index contributed by atoms with van der Waals surface area (Å²) in [4.78, 5) is 19.2. The van der Waals surface area contributed by atoms with Crippen molar-refractivity contribution in [3.05, 3.63) is 154 Å². The zero-order chi connectivity index (χ0) is 33.2. The fourth-order valence-corrected chi connectivity index (χ4v) is 6.82. The number of hydrogen-bond donors (Lipinski definition) is 0. The van der Waals surface area contributed by atoms with Crippen molar-refractivity contribution in [2.75, 3.05) is 0 Å². The van der Waals surface area contributed by atoms with Crippen LogP contribution in [0.2, 0.25) is 0 Å². The summed E-state index contributed by atoms with van der Waals surface area (Å²) in [5, 5.41) is 0. The van der Waals surface area contributed by atoms with Crippen molar-refractivity contribution in [1.82, 2.24) is 9.97 Å². The molecular weight excluding hydrogens is 648 g/mol. The molecule has 0 amide bonds. The SMILES string of the molecule is CC1=CC(C)=N/C1=C\c1[n-]c(-c2ccccc2)cc1C.CC1=CC(C)=N/C1=C\c1[n-]c2c(c1-c1ccccc1)CCCc1ccccc1-2.[Cu+2]. The molecule has 1 radical (unpaired) electrons. The maximum atomic E-state index is 5.18. The summed E-state index contributed by atoms with van der Waals surface area (Å²) in [6.45, 7) is 10.4. The molecule has 8 rings (SSSR count). The number of hydrogen-bond acceptors (Lipinski definition) is 2. The molecule has 3 aromatic carbocycles. The fourth-order valence-electron chi connectivity index (χ4n) is 6.82. The third-order valence-electron chi connectivity index (χ3n) is 9.15. The van der Waals surface area contributed by atoms with Crippen molar-refractivity contribution in [2.24, 2.45) is 9.98 Å². The maximum absolute atomic E-state index is 5.18. The summed E-state index contributed by atoms with van der Waals surface area (Å²) < 4.78 is 0. The summed E-state index contributed by atoms with van der Waals surface area (Å²) in [5.41, 5.74) is 19.7. The van der Waals surface area contributed by atoms with Crippen molar-refractivity contribution in [3.8, 4) is 33.6 Å². The van der Waals surface area contributed by atoms with E-state index >= 15 is 0 Å².